The van der Waals surface area contributed by atoms with E-state index in [4.69, 9.17) is 4.74 Å². The van der Waals surface area contributed by atoms with Gasteiger partial charge in [-0.15, -0.1) is 0 Å². The van der Waals surface area contributed by atoms with Crippen LogP contribution < -0.4 is 4.74 Å². The Balaban J connectivity index is 1.28. The number of pyridine rings is 1. The molecule has 1 aromatic rings. The molecule has 0 saturated heterocycles. The van der Waals surface area contributed by atoms with Gasteiger partial charge in [0.1, 0.15) is 5.75 Å². The molecule has 0 amide bonds. The van der Waals surface area contributed by atoms with Crippen LogP contribution in [0.3, 0.4) is 0 Å². The molecule has 2 heteroatoms. The van der Waals surface area contributed by atoms with Crippen molar-refractivity contribution >= 4 is 0 Å². The molecule has 0 aromatic carbocycles. The maximum Gasteiger partial charge on any atom is 0.137 e. The fraction of sp³-hybridized carbons (Fsp3) is 0.800. The van der Waals surface area contributed by atoms with Crippen LogP contribution in [-0.2, 0) is 6.42 Å². The Hall–Kier alpha value is -1.05. The molecule has 0 unspecified atom stereocenters. The Bertz CT molecular complexity index is 510. The molecule has 2 fully saturated rings. The normalized spacial score (nSPS) is 28.8. The number of aromatic nitrogens is 1. The van der Waals surface area contributed by atoms with E-state index in [1.165, 1.54) is 82.7 Å². The third kappa shape index (κ3) is 6.80. The molecule has 2 saturated carbocycles. The zero-order valence-corrected chi connectivity index (χ0v) is 17.8. The smallest absolute Gasteiger partial charge is 0.137 e. The minimum Gasteiger partial charge on any atom is -0.492 e. The van der Waals surface area contributed by atoms with E-state index >= 15 is 0 Å². The van der Waals surface area contributed by atoms with Gasteiger partial charge in [-0.05, 0) is 55.6 Å². The van der Waals surface area contributed by atoms with Gasteiger partial charge in [-0.2, -0.15) is 0 Å². The van der Waals surface area contributed by atoms with Gasteiger partial charge >= 0.3 is 0 Å². The van der Waals surface area contributed by atoms with Gasteiger partial charge in [0.15, 0.2) is 0 Å². The van der Waals surface area contributed by atoms with Crippen LogP contribution in [0.5, 0.6) is 5.75 Å². The average Bonchev–Trinajstić information content (AvgIpc) is 2.73. The van der Waals surface area contributed by atoms with E-state index in [-0.39, 0.29) is 0 Å². The lowest BCUT2D eigenvalue weighted by molar-refractivity contribution is 0.211. The van der Waals surface area contributed by atoms with E-state index in [2.05, 4.69) is 24.0 Å². The lowest BCUT2D eigenvalue weighted by atomic mass is 9.74. The van der Waals surface area contributed by atoms with E-state index in [9.17, 15) is 0 Å². The number of nitrogens with zero attached hydrogens (tertiary/aromatic N) is 1. The van der Waals surface area contributed by atoms with Crippen LogP contribution in [0.4, 0.5) is 0 Å². The van der Waals surface area contributed by atoms with Crippen LogP contribution in [0.1, 0.15) is 96.6 Å². The lowest BCUT2D eigenvalue weighted by Gasteiger charge is -2.31. The van der Waals surface area contributed by atoms with Gasteiger partial charge in [-0.25, -0.2) is 0 Å². The molecule has 0 radical (unpaired) electrons. The molecule has 2 aliphatic carbocycles. The Morgan fingerprint density at radius 1 is 0.778 bits per heavy atom. The molecular formula is C25H41NO. The van der Waals surface area contributed by atoms with Gasteiger partial charge in [0.05, 0.1) is 12.8 Å². The van der Waals surface area contributed by atoms with Gasteiger partial charge in [0.25, 0.3) is 0 Å². The second kappa shape index (κ2) is 11.1. The summed E-state index contributed by atoms with van der Waals surface area (Å²) < 4.78 is 5.48. The highest BCUT2D eigenvalue weighted by atomic mass is 16.5. The third-order valence-electron chi connectivity index (χ3n) is 7.41. The van der Waals surface area contributed by atoms with E-state index in [0.29, 0.717) is 6.61 Å². The van der Waals surface area contributed by atoms with E-state index in [1.807, 2.05) is 13.1 Å². The topological polar surface area (TPSA) is 22.1 Å². The fourth-order valence-electron chi connectivity index (χ4n) is 5.37. The molecule has 152 valence electrons. The van der Waals surface area contributed by atoms with Crippen molar-refractivity contribution in [1.29, 1.82) is 0 Å². The van der Waals surface area contributed by atoms with Gasteiger partial charge in [-0.3, -0.25) is 4.98 Å². The average molecular weight is 372 g/mol. The summed E-state index contributed by atoms with van der Waals surface area (Å²) >= 11 is 0. The molecule has 1 aromatic heterocycles. The largest absolute Gasteiger partial charge is 0.492 e. The van der Waals surface area contributed by atoms with Crippen molar-refractivity contribution in [3.05, 3.63) is 24.0 Å². The Morgan fingerprint density at radius 3 is 1.81 bits per heavy atom. The van der Waals surface area contributed by atoms with Crippen molar-refractivity contribution in [1.82, 2.24) is 4.98 Å². The van der Waals surface area contributed by atoms with Crippen molar-refractivity contribution < 1.29 is 4.74 Å². The molecule has 0 bridgehead atoms. The van der Waals surface area contributed by atoms with Gasteiger partial charge in [0.2, 0.25) is 0 Å². The van der Waals surface area contributed by atoms with Crippen LogP contribution in [0, 0.1) is 23.7 Å². The van der Waals surface area contributed by atoms with Gasteiger partial charge in [0, 0.05) is 5.69 Å². The van der Waals surface area contributed by atoms with Crippen LogP contribution in [0.25, 0.3) is 0 Å². The molecule has 2 nitrogen and oxygen atoms in total. The predicted molar refractivity (Wildman–Crippen MR) is 114 cm³/mol. The zero-order chi connectivity index (χ0) is 18.9. The number of ether oxygens (including phenoxy) is 1. The second-order valence-electron chi connectivity index (χ2n) is 9.22. The molecule has 0 aliphatic heterocycles. The van der Waals surface area contributed by atoms with Gasteiger partial charge < -0.3 is 4.74 Å². The van der Waals surface area contributed by atoms with Gasteiger partial charge in [-0.1, -0.05) is 77.6 Å². The third-order valence-corrected chi connectivity index (χ3v) is 7.41. The van der Waals surface area contributed by atoms with Crippen LogP contribution in [0.2, 0.25) is 0 Å². The van der Waals surface area contributed by atoms with E-state index < -0.39 is 0 Å². The predicted octanol–water partition coefficient (Wildman–Crippen LogP) is 7.22. The maximum atomic E-state index is 5.48. The van der Waals surface area contributed by atoms with Crippen molar-refractivity contribution in [2.24, 2.45) is 23.7 Å². The molecule has 0 atom stereocenters. The first-order valence-electron chi connectivity index (χ1n) is 11.8. The van der Waals surface area contributed by atoms with Crippen molar-refractivity contribution in [3.8, 4) is 5.75 Å². The number of hydrogen-bond acceptors (Lipinski definition) is 2. The molecule has 2 aliphatic rings. The summed E-state index contributed by atoms with van der Waals surface area (Å²) in [7, 11) is 0. The minimum absolute atomic E-state index is 0.713. The highest BCUT2D eigenvalue weighted by Gasteiger charge is 2.24. The monoisotopic (exact) mass is 371 g/mol. The van der Waals surface area contributed by atoms with Crippen molar-refractivity contribution in [2.75, 3.05) is 6.61 Å². The summed E-state index contributed by atoms with van der Waals surface area (Å²) in [6.45, 7) is 5.10. The summed E-state index contributed by atoms with van der Waals surface area (Å²) in [5.41, 5.74) is 1.23. The first-order chi connectivity index (χ1) is 13.3. The number of aryl methyl sites for hydroxylation is 1. The molecular weight excluding hydrogens is 330 g/mol. The number of rotatable bonds is 9. The summed E-state index contributed by atoms with van der Waals surface area (Å²) in [6.07, 6.45) is 20.7. The fourth-order valence-corrected chi connectivity index (χ4v) is 5.37. The maximum absolute atomic E-state index is 5.48. The molecule has 3 rings (SSSR count). The van der Waals surface area contributed by atoms with Crippen LogP contribution >= 0.6 is 0 Å². The minimum atomic E-state index is 0.713. The summed E-state index contributed by atoms with van der Waals surface area (Å²) in [5, 5.41) is 0. The lowest BCUT2D eigenvalue weighted by Crippen LogP contribution is -2.18. The van der Waals surface area contributed by atoms with Crippen molar-refractivity contribution in [3.63, 3.8) is 0 Å². The summed E-state index contributed by atoms with van der Waals surface area (Å²) in [4.78, 5) is 4.56. The van der Waals surface area contributed by atoms with Crippen LogP contribution in [-0.4, -0.2) is 11.6 Å². The molecule has 0 N–H and O–H groups in total. The highest BCUT2D eigenvalue weighted by molar-refractivity contribution is 5.19. The summed E-state index contributed by atoms with van der Waals surface area (Å²) in [5.74, 6) is 4.94. The quantitative estimate of drug-likeness (QED) is 0.457. The standard InChI is InChI=1S/C25H41NO/c1-3-20-5-7-21(8-6-20)9-10-22-11-13-23(14-12-22)15-16-24-17-18-25(19-26-24)27-4-2/h17-23H,3-16H2,1-2H3. The van der Waals surface area contributed by atoms with Crippen molar-refractivity contribution in [2.45, 2.75) is 97.3 Å². The second-order valence-corrected chi connectivity index (χ2v) is 9.22. The van der Waals surface area contributed by atoms with Crippen LogP contribution in [0.15, 0.2) is 18.3 Å². The first-order valence-corrected chi connectivity index (χ1v) is 11.8. The Kier molecular flexibility index (Phi) is 8.48. The molecule has 0 spiro atoms. The Morgan fingerprint density at radius 2 is 1.33 bits per heavy atom. The molecule has 27 heavy (non-hydrogen) atoms. The van der Waals surface area contributed by atoms with E-state index in [1.54, 1.807) is 0 Å². The van der Waals surface area contributed by atoms with E-state index in [0.717, 1.165) is 35.8 Å². The number of hydrogen-bond donors (Lipinski definition) is 0. The molecule has 1 heterocycles. The Labute approximate surface area is 167 Å². The SMILES string of the molecule is CCOc1ccc(CCC2CCC(CCC3CCC(CC)CC3)CC2)nc1. The first kappa shape index (κ1) is 20.7. The summed E-state index contributed by atoms with van der Waals surface area (Å²) in [6, 6.07) is 4.21. The highest BCUT2D eigenvalue weighted by Crippen LogP contribution is 2.38. The zero-order valence-electron chi connectivity index (χ0n) is 17.8.